The van der Waals surface area contributed by atoms with E-state index in [4.69, 9.17) is 4.74 Å². The Balaban J connectivity index is 1.77. The Bertz CT molecular complexity index is 741. The second-order valence-corrected chi connectivity index (χ2v) is 5.70. The van der Waals surface area contributed by atoms with Gasteiger partial charge in [-0.15, -0.1) is 0 Å². The molecule has 2 atom stereocenters. The van der Waals surface area contributed by atoms with Crippen LogP contribution in [0.15, 0.2) is 48.5 Å². The summed E-state index contributed by atoms with van der Waals surface area (Å²) in [5, 5.41) is 2.80. The molecule has 0 aliphatic carbocycles. The molecule has 0 spiro atoms. The van der Waals surface area contributed by atoms with Crippen molar-refractivity contribution in [1.82, 2.24) is 16.2 Å². The van der Waals surface area contributed by atoms with Gasteiger partial charge in [-0.2, -0.15) is 0 Å². The third kappa shape index (κ3) is 3.23. The van der Waals surface area contributed by atoms with E-state index in [0.29, 0.717) is 5.56 Å². The summed E-state index contributed by atoms with van der Waals surface area (Å²) in [5.41, 5.74) is 7.97. The summed E-state index contributed by atoms with van der Waals surface area (Å²) in [4.78, 5) is 24.5. The van der Waals surface area contributed by atoms with E-state index in [1.807, 2.05) is 43.3 Å². The van der Waals surface area contributed by atoms with Crippen LogP contribution in [0.5, 0.6) is 5.75 Å². The third-order valence-electron chi connectivity index (χ3n) is 4.04. The lowest BCUT2D eigenvalue weighted by Crippen LogP contribution is -2.42. The van der Waals surface area contributed by atoms with Crippen LogP contribution in [0, 0.1) is 6.92 Å². The fourth-order valence-electron chi connectivity index (χ4n) is 2.63. The molecule has 3 rings (SSSR count). The lowest BCUT2D eigenvalue weighted by atomic mass is 10.00. The molecule has 0 saturated carbocycles. The monoisotopic (exact) mass is 325 g/mol. The van der Waals surface area contributed by atoms with Crippen molar-refractivity contribution in [3.05, 3.63) is 65.2 Å². The molecule has 6 nitrogen and oxygen atoms in total. The van der Waals surface area contributed by atoms with Gasteiger partial charge in [0.1, 0.15) is 11.8 Å². The molecular weight excluding hydrogens is 306 g/mol. The van der Waals surface area contributed by atoms with Crippen molar-refractivity contribution >= 4 is 11.8 Å². The van der Waals surface area contributed by atoms with E-state index in [-0.39, 0.29) is 17.9 Å². The Morgan fingerprint density at radius 1 is 1.08 bits per heavy atom. The minimum atomic E-state index is -0.688. The highest BCUT2D eigenvalue weighted by atomic mass is 16.5. The van der Waals surface area contributed by atoms with Crippen LogP contribution >= 0.6 is 0 Å². The number of nitrogens with one attached hydrogen (secondary N) is 3. The molecule has 0 aromatic heterocycles. The maximum absolute atomic E-state index is 12.4. The summed E-state index contributed by atoms with van der Waals surface area (Å²) >= 11 is 0. The number of aryl methyl sites for hydroxylation is 1. The van der Waals surface area contributed by atoms with Crippen LogP contribution in [0.2, 0.25) is 0 Å². The van der Waals surface area contributed by atoms with Gasteiger partial charge in [0, 0.05) is 5.56 Å². The van der Waals surface area contributed by atoms with E-state index in [9.17, 15) is 9.59 Å². The molecule has 1 heterocycles. The number of carbonyl (C=O) groups excluding carboxylic acids is 2. The highest BCUT2D eigenvalue weighted by Gasteiger charge is 2.36. The zero-order valence-electron chi connectivity index (χ0n) is 13.5. The number of methoxy groups -OCH3 is 1. The predicted octanol–water partition coefficient (Wildman–Crippen LogP) is 1.48. The first kappa shape index (κ1) is 16.0. The van der Waals surface area contributed by atoms with Gasteiger partial charge in [-0.25, -0.2) is 5.43 Å². The molecule has 124 valence electrons. The summed E-state index contributed by atoms with van der Waals surface area (Å²) in [7, 11) is 1.60. The van der Waals surface area contributed by atoms with Gasteiger partial charge in [-0.1, -0.05) is 29.8 Å². The first-order valence-corrected chi connectivity index (χ1v) is 7.65. The molecule has 2 aromatic carbocycles. The normalized spacial score (nSPS) is 19.7. The van der Waals surface area contributed by atoms with Gasteiger partial charge in [0.2, 0.25) is 0 Å². The van der Waals surface area contributed by atoms with E-state index in [2.05, 4.69) is 16.2 Å². The molecule has 1 aliphatic rings. The van der Waals surface area contributed by atoms with E-state index < -0.39 is 6.04 Å². The van der Waals surface area contributed by atoms with E-state index in [1.54, 1.807) is 19.2 Å². The minimum absolute atomic E-state index is 0.267. The Morgan fingerprint density at radius 3 is 2.38 bits per heavy atom. The molecule has 2 amide bonds. The second-order valence-electron chi connectivity index (χ2n) is 5.70. The predicted molar refractivity (Wildman–Crippen MR) is 89.4 cm³/mol. The van der Waals surface area contributed by atoms with Gasteiger partial charge < -0.3 is 10.1 Å². The van der Waals surface area contributed by atoms with Gasteiger partial charge in [-0.3, -0.25) is 15.0 Å². The van der Waals surface area contributed by atoms with Gasteiger partial charge in [0.05, 0.1) is 13.2 Å². The fourth-order valence-corrected chi connectivity index (χ4v) is 2.63. The maximum atomic E-state index is 12.4. The van der Waals surface area contributed by atoms with E-state index in [0.717, 1.165) is 16.9 Å². The molecular formula is C18H19N3O3. The molecule has 3 N–H and O–H groups in total. The van der Waals surface area contributed by atoms with Crippen molar-refractivity contribution < 1.29 is 14.3 Å². The molecule has 24 heavy (non-hydrogen) atoms. The van der Waals surface area contributed by atoms with E-state index >= 15 is 0 Å². The summed E-state index contributed by atoms with van der Waals surface area (Å²) in [6.07, 6.45) is 0. The summed E-state index contributed by atoms with van der Waals surface area (Å²) in [6.45, 7) is 1.95. The smallest absolute Gasteiger partial charge is 0.258 e. The number of amides is 2. The summed E-state index contributed by atoms with van der Waals surface area (Å²) in [5.74, 6) is 0.185. The number of hydrogen-bond acceptors (Lipinski definition) is 4. The van der Waals surface area contributed by atoms with Crippen molar-refractivity contribution in [2.75, 3.05) is 7.11 Å². The topological polar surface area (TPSA) is 79.5 Å². The van der Waals surface area contributed by atoms with Gasteiger partial charge >= 0.3 is 0 Å². The average molecular weight is 325 g/mol. The molecule has 0 unspecified atom stereocenters. The quantitative estimate of drug-likeness (QED) is 0.795. The van der Waals surface area contributed by atoms with Crippen LogP contribution in [0.1, 0.15) is 27.5 Å². The van der Waals surface area contributed by atoms with Crippen molar-refractivity contribution in [1.29, 1.82) is 0 Å². The lowest BCUT2D eigenvalue weighted by Gasteiger charge is -2.18. The number of carbonyl (C=O) groups is 2. The number of hydrazine groups is 1. The highest BCUT2D eigenvalue weighted by Crippen LogP contribution is 2.23. The van der Waals surface area contributed by atoms with Crippen LogP contribution in [0.4, 0.5) is 0 Å². The van der Waals surface area contributed by atoms with Crippen LogP contribution in [0.3, 0.4) is 0 Å². The highest BCUT2D eigenvalue weighted by molar-refractivity contribution is 5.98. The average Bonchev–Trinajstić information content (AvgIpc) is 2.96. The number of ether oxygens (including phenoxy) is 1. The summed E-state index contributed by atoms with van der Waals surface area (Å²) in [6, 6.07) is 13.5. The molecule has 0 bridgehead atoms. The zero-order valence-corrected chi connectivity index (χ0v) is 13.5. The van der Waals surface area contributed by atoms with Gasteiger partial charge in [0.25, 0.3) is 11.8 Å². The lowest BCUT2D eigenvalue weighted by molar-refractivity contribution is -0.121. The first-order chi connectivity index (χ1) is 11.6. The van der Waals surface area contributed by atoms with Gasteiger partial charge in [-0.05, 0) is 36.8 Å². The SMILES string of the molecule is COc1ccc([C@@H]2NNC(=O)[C@@H]2NC(=O)c2ccc(C)cc2)cc1. The third-order valence-corrected chi connectivity index (χ3v) is 4.04. The number of hydrogen-bond donors (Lipinski definition) is 3. The molecule has 1 aliphatic heterocycles. The van der Waals surface area contributed by atoms with Crippen molar-refractivity contribution in [3.8, 4) is 5.75 Å². The van der Waals surface area contributed by atoms with Crippen LogP contribution in [0.25, 0.3) is 0 Å². The van der Waals surface area contributed by atoms with Crippen molar-refractivity contribution in [2.45, 2.75) is 19.0 Å². The second kappa shape index (κ2) is 6.72. The van der Waals surface area contributed by atoms with E-state index in [1.165, 1.54) is 0 Å². The molecule has 2 aromatic rings. The Morgan fingerprint density at radius 2 is 1.75 bits per heavy atom. The largest absolute Gasteiger partial charge is 0.497 e. The van der Waals surface area contributed by atoms with Crippen molar-refractivity contribution in [3.63, 3.8) is 0 Å². The Hall–Kier alpha value is -2.86. The maximum Gasteiger partial charge on any atom is 0.258 e. The summed E-state index contributed by atoms with van der Waals surface area (Å²) < 4.78 is 5.14. The van der Waals surface area contributed by atoms with Crippen LogP contribution in [-0.4, -0.2) is 25.0 Å². The zero-order chi connectivity index (χ0) is 17.1. The standard InChI is InChI=1S/C18H19N3O3/c1-11-3-5-13(6-4-11)17(22)19-16-15(20-21-18(16)23)12-7-9-14(24-2)10-8-12/h3-10,15-16,20H,1-2H3,(H,19,22)(H,21,23)/t15-,16+/m0/s1. The van der Waals surface area contributed by atoms with Crippen molar-refractivity contribution in [2.24, 2.45) is 0 Å². The van der Waals surface area contributed by atoms with Crippen LogP contribution < -0.4 is 20.9 Å². The number of rotatable bonds is 4. The molecule has 1 saturated heterocycles. The number of benzene rings is 2. The fraction of sp³-hybridized carbons (Fsp3) is 0.222. The van der Waals surface area contributed by atoms with Crippen LogP contribution in [-0.2, 0) is 4.79 Å². The Kier molecular flexibility index (Phi) is 4.48. The first-order valence-electron chi connectivity index (χ1n) is 7.65. The molecule has 0 radical (unpaired) electrons. The molecule has 1 fully saturated rings. The molecule has 6 heteroatoms. The Labute approximate surface area is 140 Å². The van der Waals surface area contributed by atoms with Gasteiger partial charge in [0.15, 0.2) is 0 Å². The minimum Gasteiger partial charge on any atom is -0.497 e.